The number of ether oxygens (including phenoxy) is 2. The molecule has 0 saturated carbocycles. The fraction of sp³-hybridized carbons (Fsp3) is 0.480. The van der Waals surface area contributed by atoms with Gasteiger partial charge in [-0.1, -0.05) is 18.2 Å². The molecule has 0 unspecified atom stereocenters. The minimum absolute atomic E-state index is 0.0190. The van der Waals surface area contributed by atoms with Gasteiger partial charge in [0.05, 0.1) is 31.5 Å². The van der Waals surface area contributed by atoms with E-state index >= 15 is 0 Å². The second-order valence-corrected chi connectivity index (χ2v) is 8.61. The van der Waals surface area contributed by atoms with Crippen LogP contribution in [0.25, 0.3) is 0 Å². The van der Waals surface area contributed by atoms with Crippen molar-refractivity contribution in [2.45, 2.75) is 12.6 Å². The summed E-state index contributed by atoms with van der Waals surface area (Å²) in [5.41, 5.74) is 0.0420. The zero-order valence-corrected chi connectivity index (χ0v) is 19.1. The molecule has 0 aromatic heterocycles. The second kappa shape index (κ2) is 11.8. The predicted molar refractivity (Wildman–Crippen MR) is 121 cm³/mol. The molecule has 2 aliphatic heterocycles. The number of rotatable bonds is 8. The van der Waals surface area contributed by atoms with Crippen LogP contribution in [0.15, 0.2) is 42.5 Å². The highest BCUT2D eigenvalue weighted by molar-refractivity contribution is 5.94. The Kier molecular flexibility index (Phi) is 8.55. The molecular weight excluding hydrogens is 447 g/mol. The molecule has 2 fully saturated rings. The van der Waals surface area contributed by atoms with Crippen molar-refractivity contribution in [3.8, 4) is 0 Å². The average molecular weight is 478 g/mol. The Bertz CT molecular complexity index is 951. The Balaban J connectivity index is 1.43. The van der Waals surface area contributed by atoms with Crippen molar-refractivity contribution >= 4 is 5.91 Å². The Morgan fingerprint density at radius 2 is 1.59 bits per heavy atom. The first-order chi connectivity index (χ1) is 16.5. The molecular formula is C25H30F3N3O3. The smallest absolute Gasteiger partial charge is 0.256 e. The molecule has 1 atom stereocenters. The normalized spacial score (nSPS) is 19.8. The second-order valence-electron chi connectivity index (χ2n) is 8.61. The molecule has 9 heteroatoms. The van der Waals surface area contributed by atoms with Crippen LogP contribution in [0.3, 0.4) is 0 Å². The Hall–Kier alpha value is -2.46. The molecule has 1 amide bonds. The van der Waals surface area contributed by atoms with Gasteiger partial charge in [-0.15, -0.1) is 0 Å². The fourth-order valence-corrected chi connectivity index (χ4v) is 4.35. The molecule has 2 aliphatic rings. The molecule has 2 saturated heterocycles. The van der Waals surface area contributed by atoms with Crippen LogP contribution < -0.4 is 0 Å². The number of hydrogen-bond acceptors (Lipinski definition) is 5. The molecule has 6 nitrogen and oxygen atoms in total. The molecule has 2 aromatic rings. The molecule has 34 heavy (non-hydrogen) atoms. The summed E-state index contributed by atoms with van der Waals surface area (Å²) in [5, 5.41) is 0. The van der Waals surface area contributed by atoms with Crippen molar-refractivity contribution in [1.29, 1.82) is 0 Å². The summed E-state index contributed by atoms with van der Waals surface area (Å²) >= 11 is 0. The summed E-state index contributed by atoms with van der Waals surface area (Å²) in [6.07, 6.45) is -0.357. The van der Waals surface area contributed by atoms with Crippen LogP contribution in [0.4, 0.5) is 13.2 Å². The summed E-state index contributed by atoms with van der Waals surface area (Å²) < 4.78 is 53.9. The van der Waals surface area contributed by atoms with Gasteiger partial charge in [0.2, 0.25) is 0 Å². The highest BCUT2D eigenvalue weighted by atomic mass is 19.1. The molecule has 0 bridgehead atoms. The molecule has 0 spiro atoms. The Morgan fingerprint density at radius 3 is 2.32 bits per heavy atom. The SMILES string of the molecule is O=C(c1ccccc1F)N(CCN1CCOCC1)C[C@@H]1CN(Cc2c(F)cccc2F)CCO1. The number of morpholine rings is 2. The third-order valence-electron chi connectivity index (χ3n) is 6.27. The molecule has 0 radical (unpaired) electrons. The van der Waals surface area contributed by atoms with E-state index in [-0.39, 0.29) is 30.3 Å². The van der Waals surface area contributed by atoms with E-state index in [1.54, 1.807) is 17.0 Å². The van der Waals surface area contributed by atoms with Crippen LogP contribution in [-0.2, 0) is 16.0 Å². The van der Waals surface area contributed by atoms with Crippen molar-refractivity contribution in [2.24, 2.45) is 0 Å². The van der Waals surface area contributed by atoms with Gasteiger partial charge in [0.1, 0.15) is 17.5 Å². The third-order valence-corrected chi connectivity index (χ3v) is 6.27. The summed E-state index contributed by atoms with van der Waals surface area (Å²) in [4.78, 5) is 19.0. The van der Waals surface area contributed by atoms with Gasteiger partial charge in [-0.05, 0) is 24.3 Å². The van der Waals surface area contributed by atoms with E-state index in [0.717, 1.165) is 13.1 Å². The third kappa shape index (κ3) is 6.35. The predicted octanol–water partition coefficient (Wildman–Crippen LogP) is 2.78. The fourth-order valence-electron chi connectivity index (χ4n) is 4.35. The lowest BCUT2D eigenvalue weighted by Crippen LogP contribution is -2.50. The lowest BCUT2D eigenvalue weighted by atomic mass is 10.1. The molecule has 0 N–H and O–H groups in total. The van der Waals surface area contributed by atoms with E-state index in [9.17, 15) is 18.0 Å². The van der Waals surface area contributed by atoms with Crippen LogP contribution in [0.2, 0.25) is 0 Å². The standard InChI is InChI=1S/C25H30F3N3O3/c26-22-5-2-1-4-20(22)25(32)31(9-8-29-10-13-33-14-11-29)17-19-16-30(12-15-34-19)18-21-23(27)6-3-7-24(21)28/h1-7,19H,8-18H2/t19-/m0/s1. The van der Waals surface area contributed by atoms with Crippen LogP contribution in [0.1, 0.15) is 15.9 Å². The van der Waals surface area contributed by atoms with Gasteiger partial charge < -0.3 is 14.4 Å². The zero-order chi connectivity index (χ0) is 23.9. The minimum Gasteiger partial charge on any atom is -0.379 e. The molecule has 184 valence electrons. The maximum absolute atomic E-state index is 14.4. The van der Waals surface area contributed by atoms with Gasteiger partial charge in [0.15, 0.2) is 0 Å². The van der Waals surface area contributed by atoms with Crippen molar-refractivity contribution < 1.29 is 27.4 Å². The van der Waals surface area contributed by atoms with Crippen LogP contribution >= 0.6 is 0 Å². The van der Waals surface area contributed by atoms with Gasteiger partial charge in [-0.2, -0.15) is 0 Å². The van der Waals surface area contributed by atoms with E-state index in [2.05, 4.69) is 4.90 Å². The maximum Gasteiger partial charge on any atom is 0.256 e. The van der Waals surface area contributed by atoms with E-state index in [1.165, 1.54) is 30.3 Å². The number of hydrogen-bond donors (Lipinski definition) is 0. The van der Waals surface area contributed by atoms with Gasteiger partial charge >= 0.3 is 0 Å². The summed E-state index contributed by atoms with van der Waals surface area (Å²) in [7, 11) is 0. The first kappa shape index (κ1) is 24.7. The van der Waals surface area contributed by atoms with Crippen molar-refractivity contribution in [2.75, 3.05) is 65.6 Å². The van der Waals surface area contributed by atoms with Crippen LogP contribution in [0, 0.1) is 17.5 Å². The number of halogens is 3. The highest BCUT2D eigenvalue weighted by Gasteiger charge is 2.28. The van der Waals surface area contributed by atoms with Crippen LogP contribution in [-0.4, -0.2) is 92.3 Å². The van der Waals surface area contributed by atoms with Crippen LogP contribution in [0.5, 0.6) is 0 Å². The van der Waals surface area contributed by atoms with Gasteiger partial charge in [0.25, 0.3) is 5.91 Å². The number of nitrogens with zero attached hydrogens (tertiary/aromatic N) is 3. The van der Waals surface area contributed by atoms with Gasteiger partial charge in [-0.3, -0.25) is 14.6 Å². The minimum atomic E-state index is -0.579. The van der Waals surface area contributed by atoms with Gasteiger partial charge in [0, 0.05) is 57.9 Å². The summed E-state index contributed by atoms with van der Waals surface area (Å²) in [6.45, 7) is 5.60. The van der Waals surface area contributed by atoms with E-state index < -0.39 is 23.4 Å². The average Bonchev–Trinajstić information content (AvgIpc) is 2.85. The lowest BCUT2D eigenvalue weighted by molar-refractivity contribution is -0.0448. The summed E-state index contributed by atoms with van der Waals surface area (Å²) in [5.74, 6) is -2.12. The van der Waals surface area contributed by atoms with E-state index in [1.807, 2.05) is 4.90 Å². The lowest BCUT2D eigenvalue weighted by Gasteiger charge is -2.37. The maximum atomic E-state index is 14.4. The van der Waals surface area contributed by atoms with Crippen molar-refractivity contribution in [1.82, 2.24) is 14.7 Å². The van der Waals surface area contributed by atoms with Gasteiger partial charge in [-0.25, -0.2) is 13.2 Å². The molecule has 4 rings (SSSR count). The zero-order valence-electron chi connectivity index (χ0n) is 19.1. The molecule has 2 heterocycles. The van der Waals surface area contributed by atoms with Crippen molar-refractivity contribution in [3.05, 3.63) is 71.0 Å². The quantitative estimate of drug-likeness (QED) is 0.585. The number of benzene rings is 2. The largest absolute Gasteiger partial charge is 0.379 e. The topological polar surface area (TPSA) is 45.2 Å². The first-order valence-electron chi connectivity index (χ1n) is 11.6. The highest BCUT2D eigenvalue weighted by Crippen LogP contribution is 2.18. The summed E-state index contributed by atoms with van der Waals surface area (Å²) in [6, 6.07) is 9.78. The Labute approximate surface area is 197 Å². The first-order valence-corrected chi connectivity index (χ1v) is 11.6. The van der Waals surface area contributed by atoms with E-state index in [4.69, 9.17) is 9.47 Å². The van der Waals surface area contributed by atoms with Crippen molar-refractivity contribution in [3.63, 3.8) is 0 Å². The number of amides is 1. The number of carbonyl (C=O) groups excluding carboxylic acids is 1. The Morgan fingerprint density at radius 1 is 0.912 bits per heavy atom. The molecule has 2 aromatic carbocycles. The monoisotopic (exact) mass is 477 g/mol. The number of carbonyl (C=O) groups is 1. The van der Waals surface area contributed by atoms with E-state index in [0.29, 0.717) is 46.0 Å². The molecule has 0 aliphatic carbocycles.